The summed E-state index contributed by atoms with van der Waals surface area (Å²) in [5, 5.41) is 20.3. The summed E-state index contributed by atoms with van der Waals surface area (Å²) in [5.41, 5.74) is 0.870. The van der Waals surface area contributed by atoms with Crippen LogP contribution in [0.5, 0.6) is 0 Å². The first kappa shape index (κ1) is 16.5. The molecule has 5 nitrogen and oxygen atoms in total. The van der Waals surface area contributed by atoms with Gasteiger partial charge in [0.15, 0.2) is 6.04 Å². The molecule has 0 heterocycles. The second-order valence-corrected chi connectivity index (χ2v) is 5.23. The van der Waals surface area contributed by atoms with E-state index < -0.39 is 24.0 Å². The fourth-order valence-corrected chi connectivity index (χ4v) is 2.24. The number of aliphatic carboxylic acids is 1. The zero-order valence-corrected chi connectivity index (χ0v) is 11.7. The molecule has 7 heteroatoms. The Bertz CT molecular complexity index is 464. The Balaban J connectivity index is 2.36. The van der Waals surface area contributed by atoms with Gasteiger partial charge in [-0.1, -0.05) is 12.1 Å². The first-order valence-corrected chi connectivity index (χ1v) is 7.08. The molecular formula is C13H16FNO4S. The van der Waals surface area contributed by atoms with Gasteiger partial charge in [0, 0.05) is 5.75 Å². The highest BCUT2D eigenvalue weighted by Gasteiger charge is 2.24. The van der Waals surface area contributed by atoms with E-state index in [0.717, 1.165) is 5.56 Å². The van der Waals surface area contributed by atoms with E-state index in [1.54, 1.807) is 12.1 Å². The molecule has 0 saturated carbocycles. The van der Waals surface area contributed by atoms with Gasteiger partial charge in [0.05, 0.1) is 11.9 Å². The van der Waals surface area contributed by atoms with Crippen LogP contribution in [0.15, 0.2) is 24.3 Å². The average Bonchev–Trinajstić information content (AvgIpc) is 2.37. The normalized spacial score (nSPS) is 13.6. The standard InChI is InChI=1S/C13H16FNO4S/c1-8(16)12(13(18)19)15-11(17)7-20-6-9-2-4-10(14)5-3-9/h2-5,8,12,16H,6-7H2,1H3,(H,15,17)(H,18,19). The number of amides is 1. The summed E-state index contributed by atoms with van der Waals surface area (Å²) in [4.78, 5) is 22.3. The SMILES string of the molecule is CC(O)C(NC(=O)CSCc1ccc(F)cc1)C(=O)O. The summed E-state index contributed by atoms with van der Waals surface area (Å²) in [6, 6.07) is 4.61. The fourth-order valence-electron chi connectivity index (χ4n) is 1.45. The number of hydrogen-bond donors (Lipinski definition) is 3. The molecule has 1 aromatic rings. The molecule has 0 aliphatic carbocycles. The van der Waals surface area contributed by atoms with Crippen molar-refractivity contribution in [2.45, 2.75) is 24.8 Å². The minimum absolute atomic E-state index is 0.0634. The summed E-state index contributed by atoms with van der Waals surface area (Å²) in [5.74, 6) is -1.49. The second-order valence-electron chi connectivity index (χ2n) is 4.24. The van der Waals surface area contributed by atoms with Crippen molar-refractivity contribution in [1.29, 1.82) is 0 Å². The van der Waals surface area contributed by atoms with Crippen LogP contribution < -0.4 is 5.32 Å². The fraction of sp³-hybridized carbons (Fsp3) is 0.385. The van der Waals surface area contributed by atoms with Crippen LogP contribution in [0.3, 0.4) is 0 Å². The molecule has 1 aromatic carbocycles. The van der Waals surface area contributed by atoms with Crippen LogP contribution in [0.4, 0.5) is 4.39 Å². The van der Waals surface area contributed by atoms with Gasteiger partial charge in [-0.15, -0.1) is 11.8 Å². The number of benzene rings is 1. The molecule has 1 amide bonds. The van der Waals surface area contributed by atoms with Crippen molar-refractivity contribution in [2.24, 2.45) is 0 Å². The number of thioether (sulfide) groups is 1. The van der Waals surface area contributed by atoms with Crippen LogP contribution in [0, 0.1) is 5.82 Å². The van der Waals surface area contributed by atoms with Gasteiger partial charge in [-0.25, -0.2) is 9.18 Å². The van der Waals surface area contributed by atoms with E-state index in [0.29, 0.717) is 5.75 Å². The van der Waals surface area contributed by atoms with E-state index >= 15 is 0 Å². The highest BCUT2D eigenvalue weighted by Crippen LogP contribution is 2.12. The number of nitrogens with one attached hydrogen (secondary N) is 1. The third kappa shape index (κ3) is 5.58. The van der Waals surface area contributed by atoms with Gasteiger partial charge in [0.2, 0.25) is 5.91 Å². The van der Waals surface area contributed by atoms with E-state index in [9.17, 15) is 19.1 Å². The lowest BCUT2D eigenvalue weighted by Gasteiger charge is -2.16. The molecular weight excluding hydrogens is 285 g/mol. The molecule has 3 N–H and O–H groups in total. The summed E-state index contributed by atoms with van der Waals surface area (Å²) >= 11 is 1.28. The predicted octanol–water partition coefficient (Wildman–Crippen LogP) is 1.01. The maximum Gasteiger partial charge on any atom is 0.328 e. The number of carboxylic acids is 1. The largest absolute Gasteiger partial charge is 0.480 e. The van der Waals surface area contributed by atoms with Crippen LogP contribution in [-0.2, 0) is 15.3 Å². The third-order valence-corrected chi connectivity index (χ3v) is 3.48. The lowest BCUT2D eigenvalue weighted by atomic mass is 10.2. The Hall–Kier alpha value is -1.60. The second kappa shape index (κ2) is 7.86. The van der Waals surface area contributed by atoms with Gasteiger partial charge in [-0.05, 0) is 24.6 Å². The van der Waals surface area contributed by atoms with E-state index in [1.807, 2.05) is 0 Å². The molecule has 1 rings (SSSR count). The molecule has 110 valence electrons. The van der Waals surface area contributed by atoms with Crippen molar-refractivity contribution < 1.29 is 24.2 Å². The average molecular weight is 301 g/mol. The van der Waals surface area contributed by atoms with Crippen molar-refractivity contribution in [1.82, 2.24) is 5.32 Å². The van der Waals surface area contributed by atoms with E-state index in [4.69, 9.17) is 5.11 Å². The Morgan fingerprint density at radius 2 is 1.95 bits per heavy atom. The van der Waals surface area contributed by atoms with Crippen molar-refractivity contribution >= 4 is 23.6 Å². The minimum atomic E-state index is -1.31. The monoisotopic (exact) mass is 301 g/mol. The Kier molecular flexibility index (Phi) is 6.47. The van der Waals surface area contributed by atoms with Gasteiger partial charge in [-0.3, -0.25) is 4.79 Å². The van der Waals surface area contributed by atoms with Crippen LogP contribution in [0.2, 0.25) is 0 Å². The molecule has 0 spiro atoms. The first-order chi connectivity index (χ1) is 9.40. The molecule has 0 aromatic heterocycles. The number of halogens is 1. The number of hydrogen-bond acceptors (Lipinski definition) is 4. The topological polar surface area (TPSA) is 86.6 Å². The van der Waals surface area contributed by atoms with Crippen molar-refractivity contribution in [3.8, 4) is 0 Å². The molecule has 0 aliphatic heterocycles. The van der Waals surface area contributed by atoms with Crippen molar-refractivity contribution in [3.63, 3.8) is 0 Å². The number of aliphatic hydroxyl groups is 1. The quantitative estimate of drug-likeness (QED) is 0.700. The highest BCUT2D eigenvalue weighted by atomic mass is 32.2. The predicted molar refractivity (Wildman–Crippen MR) is 73.8 cm³/mol. The maximum absolute atomic E-state index is 12.7. The third-order valence-electron chi connectivity index (χ3n) is 2.48. The number of carbonyl (C=O) groups excluding carboxylic acids is 1. The highest BCUT2D eigenvalue weighted by molar-refractivity contribution is 7.99. The lowest BCUT2D eigenvalue weighted by Crippen LogP contribution is -2.48. The smallest absolute Gasteiger partial charge is 0.328 e. The minimum Gasteiger partial charge on any atom is -0.480 e. The van der Waals surface area contributed by atoms with E-state index in [1.165, 1.54) is 30.8 Å². The van der Waals surface area contributed by atoms with Gasteiger partial charge in [0.1, 0.15) is 5.82 Å². The summed E-state index contributed by atoms with van der Waals surface area (Å²) in [7, 11) is 0. The number of carboxylic acid groups (broad SMARTS) is 1. The summed E-state index contributed by atoms with van der Waals surface area (Å²) < 4.78 is 12.7. The van der Waals surface area contributed by atoms with Crippen LogP contribution in [0.25, 0.3) is 0 Å². The van der Waals surface area contributed by atoms with Gasteiger partial charge >= 0.3 is 5.97 Å². The molecule has 20 heavy (non-hydrogen) atoms. The zero-order chi connectivity index (χ0) is 15.1. The Labute approximate surface area is 120 Å². The lowest BCUT2D eigenvalue weighted by molar-refractivity contribution is -0.144. The first-order valence-electron chi connectivity index (χ1n) is 5.92. The molecule has 2 atom stereocenters. The van der Waals surface area contributed by atoms with Crippen LogP contribution >= 0.6 is 11.8 Å². The summed E-state index contributed by atoms with van der Waals surface area (Å²) in [6.07, 6.45) is -1.17. The molecule has 0 aliphatic rings. The van der Waals surface area contributed by atoms with Gasteiger partial charge < -0.3 is 15.5 Å². The molecule has 0 fully saturated rings. The molecule has 0 saturated heterocycles. The Morgan fingerprint density at radius 1 is 1.35 bits per heavy atom. The molecule has 0 bridgehead atoms. The van der Waals surface area contributed by atoms with Crippen molar-refractivity contribution in [3.05, 3.63) is 35.6 Å². The maximum atomic E-state index is 12.7. The van der Waals surface area contributed by atoms with E-state index in [2.05, 4.69) is 5.32 Å². The molecule has 0 radical (unpaired) electrons. The van der Waals surface area contributed by atoms with E-state index in [-0.39, 0.29) is 11.6 Å². The molecule has 2 unspecified atom stereocenters. The van der Waals surface area contributed by atoms with Crippen LogP contribution in [0.1, 0.15) is 12.5 Å². The summed E-state index contributed by atoms with van der Waals surface area (Å²) in [6.45, 7) is 1.30. The zero-order valence-electron chi connectivity index (χ0n) is 10.9. The van der Waals surface area contributed by atoms with Crippen LogP contribution in [-0.4, -0.2) is 40.0 Å². The number of carbonyl (C=O) groups is 2. The van der Waals surface area contributed by atoms with Gasteiger partial charge in [0.25, 0.3) is 0 Å². The number of rotatable bonds is 7. The Morgan fingerprint density at radius 3 is 2.45 bits per heavy atom. The van der Waals surface area contributed by atoms with Crippen molar-refractivity contribution in [2.75, 3.05) is 5.75 Å². The van der Waals surface area contributed by atoms with Gasteiger partial charge in [-0.2, -0.15) is 0 Å². The number of aliphatic hydroxyl groups excluding tert-OH is 1.